The molecule has 4 atom stereocenters. The molecule has 4 aromatic rings. The second kappa shape index (κ2) is 17.3. The van der Waals surface area contributed by atoms with Crippen molar-refractivity contribution in [3.05, 3.63) is 72.1 Å². The zero-order valence-electron chi connectivity index (χ0n) is 26.5. The van der Waals surface area contributed by atoms with E-state index < -0.39 is 47.9 Å². The minimum Gasteiger partial charge on any atom is -0.480 e. The van der Waals surface area contributed by atoms with Crippen molar-refractivity contribution in [2.24, 2.45) is 17.2 Å². The van der Waals surface area contributed by atoms with Crippen LogP contribution in [0.1, 0.15) is 49.7 Å². The van der Waals surface area contributed by atoms with E-state index in [1.807, 2.05) is 48.5 Å². The third-order valence-electron chi connectivity index (χ3n) is 8.33. The molecule has 13 nitrogen and oxygen atoms in total. The summed E-state index contributed by atoms with van der Waals surface area (Å²) in [6, 6.07) is 10.8. The van der Waals surface area contributed by atoms with E-state index in [9.17, 15) is 24.3 Å². The number of aliphatic carboxylic acids is 1. The molecule has 0 spiro atoms. The summed E-state index contributed by atoms with van der Waals surface area (Å²) in [7, 11) is 0. The molecule has 0 aliphatic rings. The molecule has 0 bridgehead atoms. The van der Waals surface area contributed by atoms with Gasteiger partial charge in [0.1, 0.15) is 18.1 Å². The summed E-state index contributed by atoms with van der Waals surface area (Å²) in [5.74, 6) is -2.93. The van der Waals surface area contributed by atoms with Crippen LogP contribution >= 0.6 is 0 Å². The van der Waals surface area contributed by atoms with Gasteiger partial charge in [-0.05, 0) is 68.5 Å². The Morgan fingerprint density at radius 3 is 1.66 bits per heavy atom. The maximum absolute atomic E-state index is 13.9. The second-order valence-electron chi connectivity index (χ2n) is 11.8. The molecule has 2 heterocycles. The lowest BCUT2D eigenvalue weighted by Gasteiger charge is -2.25. The van der Waals surface area contributed by atoms with Crippen molar-refractivity contribution in [1.29, 1.82) is 0 Å². The lowest BCUT2D eigenvalue weighted by molar-refractivity contribution is -0.142. The molecular weight excluding hydrogens is 600 g/mol. The van der Waals surface area contributed by atoms with Crippen LogP contribution in [0.25, 0.3) is 21.8 Å². The van der Waals surface area contributed by atoms with Crippen molar-refractivity contribution >= 4 is 45.5 Å². The number of hydrogen-bond acceptors (Lipinski definition) is 7. The van der Waals surface area contributed by atoms with Crippen molar-refractivity contribution < 1.29 is 24.3 Å². The molecule has 12 N–H and O–H groups in total. The van der Waals surface area contributed by atoms with Gasteiger partial charge in [0.15, 0.2) is 0 Å². The van der Waals surface area contributed by atoms with E-state index >= 15 is 0 Å². The van der Waals surface area contributed by atoms with Crippen LogP contribution in [-0.4, -0.2) is 76.0 Å². The standard InChI is InChI=1S/C34H46N8O5/c35-15-7-5-11-25(37)31(43)40-28(14-6-8-16-36)32(44)41-29(17-21-19-38-26-12-3-1-9-23(21)26)33(45)42-30(34(46)47)18-22-20-39-27-13-4-2-10-24(22)27/h1-4,9-10,12-13,19-20,25,28-30,38-39H,5-8,11,14-18,35-37H2,(H,40,43)(H,41,44)(H,42,45)(H,46,47)/t25-,28-,29-,30-/m0/s1. The lowest BCUT2D eigenvalue weighted by Crippen LogP contribution is -2.57. The monoisotopic (exact) mass is 646 g/mol. The van der Waals surface area contributed by atoms with E-state index in [2.05, 4.69) is 25.9 Å². The largest absolute Gasteiger partial charge is 0.480 e. The summed E-state index contributed by atoms with van der Waals surface area (Å²) in [6.45, 7) is 0.905. The first kappa shape index (κ1) is 35.1. The fourth-order valence-electron chi connectivity index (χ4n) is 5.67. The maximum atomic E-state index is 13.9. The molecule has 0 aliphatic heterocycles. The third-order valence-corrected chi connectivity index (χ3v) is 8.33. The highest BCUT2D eigenvalue weighted by molar-refractivity contribution is 5.95. The summed E-state index contributed by atoms with van der Waals surface area (Å²) in [5.41, 5.74) is 20.5. The molecule has 2 aromatic carbocycles. The number of rotatable bonds is 19. The first-order valence-corrected chi connectivity index (χ1v) is 16.1. The van der Waals surface area contributed by atoms with Gasteiger partial charge < -0.3 is 48.2 Å². The van der Waals surface area contributed by atoms with Gasteiger partial charge in [-0.15, -0.1) is 0 Å². The number of carbonyl (C=O) groups excluding carboxylic acids is 3. The zero-order chi connectivity index (χ0) is 33.8. The minimum absolute atomic E-state index is 0.0264. The van der Waals surface area contributed by atoms with Gasteiger partial charge in [-0.2, -0.15) is 0 Å². The van der Waals surface area contributed by atoms with Gasteiger partial charge in [-0.1, -0.05) is 42.8 Å². The Kier molecular flexibility index (Phi) is 12.9. The zero-order valence-corrected chi connectivity index (χ0v) is 26.5. The first-order valence-electron chi connectivity index (χ1n) is 16.1. The molecule has 3 amide bonds. The Balaban J connectivity index is 1.56. The molecule has 47 heavy (non-hydrogen) atoms. The fraction of sp³-hybridized carbons (Fsp3) is 0.412. The van der Waals surface area contributed by atoms with E-state index in [1.165, 1.54) is 0 Å². The van der Waals surface area contributed by atoms with E-state index in [1.54, 1.807) is 12.4 Å². The number of benzene rings is 2. The Morgan fingerprint density at radius 2 is 1.11 bits per heavy atom. The van der Waals surface area contributed by atoms with Crippen LogP contribution in [0.4, 0.5) is 0 Å². The molecule has 0 aliphatic carbocycles. The average molecular weight is 647 g/mol. The molecule has 0 fully saturated rings. The van der Waals surface area contributed by atoms with Gasteiger partial charge in [0.2, 0.25) is 17.7 Å². The lowest BCUT2D eigenvalue weighted by atomic mass is 10.0. The topological polar surface area (TPSA) is 234 Å². The summed E-state index contributed by atoms with van der Waals surface area (Å²) < 4.78 is 0. The number of para-hydroxylation sites is 2. The van der Waals surface area contributed by atoms with Crippen molar-refractivity contribution in [3.63, 3.8) is 0 Å². The van der Waals surface area contributed by atoms with Crippen molar-refractivity contribution in [3.8, 4) is 0 Å². The van der Waals surface area contributed by atoms with Gasteiger partial charge in [0.25, 0.3) is 0 Å². The number of amides is 3. The van der Waals surface area contributed by atoms with Crippen LogP contribution in [0, 0.1) is 0 Å². The first-order chi connectivity index (χ1) is 22.7. The third kappa shape index (κ3) is 9.64. The van der Waals surface area contributed by atoms with Gasteiger partial charge in [0.05, 0.1) is 6.04 Å². The number of fused-ring (bicyclic) bond motifs is 2. The smallest absolute Gasteiger partial charge is 0.326 e. The molecule has 0 saturated heterocycles. The van der Waals surface area contributed by atoms with Crippen molar-refractivity contribution in [2.75, 3.05) is 13.1 Å². The maximum Gasteiger partial charge on any atom is 0.326 e. The van der Waals surface area contributed by atoms with E-state index in [0.717, 1.165) is 39.4 Å². The number of carboxylic acids is 1. The van der Waals surface area contributed by atoms with Gasteiger partial charge in [-0.3, -0.25) is 14.4 Å². The molecule has 0 unspecified atom stereocenters. The summed E-state index contributed by atoms with van der Waals surface area (Å²) in [5, 5.41) is 20.0. The highest BCUT2D eigenvalue weighted by atomic mass is 16.4. The summed E-state index contributed by atoms with van der Waals surface area (Å²) >= 11 is 0. The average Bonchev–Trinajstić information content (AvgIpc) is 3.67. The summed E-state index contributed by atoms with van der Waals surface area (Å²) in [6.07, 6.45) is 6.88. The number of carbonyl (C=O) groups is 4. The number of unbranched alkanes of at least 4 members (excludes halogenated alkanes) is 2. The summed E-state index contributed by atoms with van der Waals surface area (Å²) in [4.78, 5) is 59.3. The molecule has 0 radical (unpaired) electrons. The Morgan fingerprint density at radius 1 is 0.638 bits per heavy atom. The molecule has 2 aromatic heterocycles. The SMILES string of the molecule is NCCCC[C@H](NC(=O)[C@@H](N)CCCCN)C(=O)N[C@@H](Cc1c[nH]c2ccccc12)C(=O)N[C@@H](Cc1c[nH]c2ccccc12)C(=O)O. The fourth-order valence-corrected chi connectivity index (χ4v) is 5.67. The van der Waals surface area contributed by atoms with E-state index in [0.29, 0.717) is 38.8 Å². The van der Waals surface area contributed by atoms with Crippen molar-refractivity contribution in [2.45, 2.75) is 75.5 Å². The van der Waals surface area contributed by atoms with Crippen LogP contribution in [-0.2, 0) is 32.0 Å². The van der Waals surface area contributed by atoms with Crippen LogP contribution in [0.5, 0.6) is 0 Å². The quantitative estimate of drug-likeness (QED) is 0.0677. The van der Waals surface area contributed by atoms with Gasteiger partial charge in [0, 0.05) is 47.0 Å². The minimum atomic E-state index is -1.27. The van der Waals surface area contributed by atoms with Crippen LogP contribution in [0.3, 0.4) is 0 Å². The molecule has 4 rings (SSSR count). The highest BCUT2D eigenvalue weighted by Crippen LogP contribution is 2.21. The number of carboxylic acid groups (broad SMARTS) is 1. The van der Waals surface area contributed by atoms with E-state index in [-0.39, 0.29) is 19.3 Å². The molecule has 252 valence electrons. The normalized spacial score (nSPS) is 13.9. The number of H-pyrrole nitrogens is 2. The van der Waals surface area contributed by atoms with Crippen LogP contribution < -0.4 is 33.2 Å². The predicted molar refractivity (Wildman–Crippen MR) is 181 cm³/mol. The Hall–Kier alpha value is -4.72. The number of nitrogens with two attached hydrogens (primary N) is 3. The van der Waals surface area contributed by atoms with Gasteiger partial charge >= 0.3 is 5.97 Å². The van der Waals surface area contributed by atoms with Crippen LogP contribution in [0.15, 0.2) is 60.9 Å². The molecular formula is C34H46N8O5. The van der Waals surface area contributed by atoms with Gasteiger partial charge in [-0.25, -0.2) is 4.79 Å². The molecule has 0 saturated carbocycles. The number of nitrogens with one attached hydrogen (secondary N) is 5. The Bertz CT molecular complexity index is 1650. The number of aromatic amines is 2. The van der Waals surface area contributed by atoms with Crippen LogP contribution in [0.2, 0.25) is 0 Å². The van der Waals surface area contributed by atoms with Crippen molar-refractivity contribution in [1.82, 2.24) is 25.9 Å². The second-order valence-corrected chi connectivity index (χ2v) is 11.8. The highest BCUT2D eigenvalue weighted by Gasteiger charge is 2.31. The predicted octanol–water partition coefficient (Wildman–Crippen LogP) is 1.56. The number of hydrogen-bond donors (Lipinski definition) is 9. The number of aromatic nitrogens is 2. The van der Waals surface area contributed by atoms with E-state index in [4.69, 9.17) is 17.2 Å². The molecule has 13 heteroatoms. The Labute approximate surface area is 273 Å².